The van der Waals surface area contributed by atoms with Crippen LogP contribution in [0.15, 0.2) is 48.5 Å². The fourth-order valence-corrected chi connectivity index (χ4v) is 3.09. The molecule has 1 saturated heterocycles. The summed E-state index contributed by atoms with van der Waals surface area (Å²) in [5.41, 5.74) is 8.48. The van der Waals surface area contributed by atoms with Crippen molar-refractivity contribution in [1.82, 2.24) is 4.90 Å². The summed E-state index contributed by atoms with van der Waals surface area (Å²) in [7, 11) is 0. The Hall–Kier alpha value is -2.20. The first-order chi connectivity index (χ1) is 10.5. The summed E-state index contributed by atoms with van der Waals surface area (Å²) < 4.78 is 13.5. The highest BCUT2D eigenvalue weighted by molar-refractivity contribution is 5.94. The summed E-state index contributed by atoms with van der Waals surface area (Å²) in [5.74, 6) is -0.414. The van der Waals surface area contributed by atoms with E-state index >= 15 is 0 Å². The molecule has 3 nitrogen and oxygen atoms in total. The Balaban J connectivity index is 1.80. The van der Waals surface area contributed by atoms with E-state index in [0.29, 0.717) is 18.7 Å². The Kier molecular flexibility index (Phi) is 3.94. The fraction of sp³-hybridized carbons (Fsp3) is 0.278. The SMILES string of the molecule is Cc1cc(F)cc(C(=O)N2C[C@@H](N)[C@H](c3ccccc3)C2)c1. The van der Waals surface area contributed by atoms with Crippen LogP contribution in [0.4, 0.5) is 4.39 Å². The monoisotopic (exact) mass is 298 g/mol. The Bertz CT molecular complexity index is 666. The zero-order valence-electron chi connectivity index (χ0n) is 12.5. The Morgan fingerprint density at radius 1 is 1.18 bits per heavy atom. The highest BCUT2D eigenvalue weighted by Gasteiger charge is 2.34. The first-order valence-corrected chi connectivity index (χ1v) is 7.41. The number of aryl methyl sites for hydroxylation is 1. The maximum Gasteiger partial charge on any atom is 0.254 e. The number of carbonyl (C=O) groups excluding carboxylic acids is 1. The fourth-order valence-electron chi connectivity index (χ4n) is 3.09. The summed E-state index contributed by atoms with van der Waals surface area (Å²) >= 11 is 0. The van der Waals surface area contributed by atoms with Crippen molar-refractivity contribution in [2.75, 3.05) is 13.1 Å². The number of rotatable bonds is 2. The van der Waals surface area contributed by atoms with Gasteiger partial charge in [0, 0.05) is 30.6 Å². The van der Waals surface area contributed by atoms with E-state index in [1.54, 1.807) is 17.9 Å². The molecule has 2 aromatic rings. The standard InChI is InChI=1S/C18H19FN2O/c1-12-7-14(9-15(19)8-12)18(22)21-10-16(17(20)11-21)13-5-3-2-4-6-13/h2-9,16-17H,10-11,20H2,1H3/t16-,17+/m0/s1. The number of hydrogen-bond donors (Lipinski definition) is 1. The Morgan fingerprint density at radius 3 is 2.59 bits per heavy atom. The number of halogens is 1. The average Bonchev–Trinajstić information content (AvgIpc) is 2.88. The van der Waals surface area contributed by atoms with E-state index in [1.165, 1.54) is 12.1 Å². The molecule has 0 radical (unpaired) electrons. The van der Waals surface area contributed by atoms with Gasteiger partial charge in [-0.3, -0.25) is 4.79 Å². The highest BCUT2D eigenvalue weighted by Crippen LogP contribution is 2.27. The second-order valence-electron chi connectivity index (χ2n) is 5.91. The van der Waals surface area contributed by atoms with Gasteiger partial charge in [0.15, 0.2) is 0 Å². The van der Waals surface area contributed by atoms with E-state index in [-0.39, 0.29) is 23.7 Å². The van der Waals surface area contributed by atoms with Crippen molar-refractivity contribution in [2.45, 2.75) is 18.9 Å². The van der Waals surface area contributed by atoms with Crippen molar-refractivity contribution < 1.29 is 9.18 Å². The Morgan fingerprint density at radius 2 is 1.91 bits per heavy atom. The van der Waals surface area contributed by atoms with Crippen molar-refractivity contribution in [3.05, 3.63) is 71.0 Å². The minimum atomic E-state index is -0.383. The molecule has 1 heterocycles. The molecule has 3 rings (SSSR count). The van der Waals surface area contributed by atoms with Crippen LogP contribution in [-0.4, -0.2) is 29.9 Å². The van der Waals surface area contributed by atoms with Crippen molar-refractivity contribution in [1.29, 1.82) is 0 Å². The van der Waals surface area contributed by atoms with Gasteiger partial charge in [0.1, 0.15) is 5.82 Å². The molecule has 22 heavy (non-hydrogen) atoms. The molecule has 1 aliphatic heterocycles. The molecule has 2 aromatic carbocycles. The molecular formula is C18H19FN2O. The smallest absolute Gasteiger partial charge is 0.254 e. The van der Waals surface area contributed by atoms with Crippen LogP contribution < -0.4 is 5.73 Å². The van der Waals surface area contributed by atoms with Gasteiger partial charge in [0.25, 0.3) is 5.91 Å². The zero-order chi connectivity index (χ0) is 15.7. The zero-order valence-corrected chi connectivity index (χ0v) is 12.5. The minimum absolute atomic E-state index is 0.0963. The van der Waals surface area contributed by atoms with E-state index in [1.807, 2.05) is 30.3 Å². The van der Waals surface area contributed by atoms with Crippen LogP contribution in [0, 0.1) is 12.7 Å². The van der Waals surface area contributed by atoms with E-state index in [9.17, 15) is 9.18 Å². The lowest BCUT2D eigenvalue weighted by atomic mass is 9.95. The number of hydrogen-bond acceptors (Lipinski definition) is 2. The van der Waals surface area contributed by atoms with Gasteiger partial charge < -0.3 is 10.6 Å². The molecule has 0 saturated carbocycles. The molecule has 0 aliphatic carbocycles. The van der Waals surface area contributed by atoms with Gasteiger partial charge in [-0.2, -0.15) is 0 Å². The van der Waals surface area contributed by atoms with Gasteiger partial charge in [-0.05, 0) is 36.2 Å². The van der Waals surface area contributed by atoms with Crippen molar-refractivity contribution in [3.63, 3.8) is 0 Å². The third kappa shape index (κ3) is 2.88. The van der Waals surface area contributed by atoms with Gasteiger partial charge in [-0.15, -0.1) is 0 Å². The number of carbonyl (C=O) groups is 1. The van der Waals surface area contributed by atoms with Gasteiger partial charge in [-0.1, -0.05) is 30.3 Å². The predicted molar refractivity (Wildman–Crippen MR) is 84.2 cm³/mol. The minimum Gasteiger partial charge on any atom is -0.336 e. The van der Waals surface area contributed by atoms with Crippen molar-refractivity contribution in [3.8, 4) is 0 Å². The summed E-state index contributed by atoms with van der Waals surface area (Å²) in [6.07, 6.45) is 0. The molecule has 0 unspecified atom stereocenters. The highest BCUT2D eigenvalue weighted by atomic mass is 19.1. The van der Waals surface area contributed by atoms with Gasteiger partial charge >= 0.3 is 0 Å². The number of benzene rings is 2. The maximum atomic E-state index is 13.5. The van der Waals surface area contributed by atoms with Gasteiger partial charge in [-0.25, -0.2) is 4.39 Å². The molecule has 114 valence electrons. The van der Waals surface area contributed by atoms with Crippen LogP contribution in [-0.2, 0) is 0 Å². The third-order valence-corrected chi connectivity index (χ3v) is 4.17. The molecular weight excluding hydrogens is 279 g/mol. The van der Waals surface area contributed by atoms with Crippen LogP contribution in [0.25, 0.3) is 0 Å². The van der Waals surface area contributed by atoms with E-state index in [2.05, 4.69) is 0 Å². The first-order valence-electron chi connectivity index (χ1n) is 7.41. The first kappa shape index (κ1) is 14.7. The molecule has 1 amide bonds. The van der Waals surface area contributed by atoms with Gasteiger partial charge in [0.05, 0.1) is 0 Å². The average molecular weight is 298 g/mol. The second kappa shape index (κ2) is 5.89. The molecule has 2 atom stereocenters. The Labute approximate surface area is 129 Å². The van der Waals surface area contributed by atoms with Gasteiger partial charge in [0.2, 0.25) is 0 Å². The van der Waals surface area contributed by atoms with E-state index in [0.717, 1.165) is 11.1 Å². The molecule has 1 aliphatic rings. The summed E-state index contributed by atoms with van der Waals surface area (Å²) in [6, 6.07) is 14.3. The number of likely N-dealkylation sites (tertiary alicyclic amines) is 1. The second-order valence-corrected chi connectivity index (χ2v) is 5.91. The largest absolute Gasteiger partial charge is 0.336 e. The van der Waals surface area contributed by atoms with E-state index in [4.69, 9.17) is 5.73 Å². The van der Waals surface area contributed by atoms with Crippen LogP contribution in [0.3, 0.4) is 0 Å². The van der Waals surface area contributed by atoms with Crippen LogP contribution in [0.5, 0.6) is 0 Å². The lowest BCUT2D eigenvalue weighted by Gasteiger charge is -2.17. The van der Waals surface area contributed by atoms with Crippen molar-refractivity contribution >= 4 is 5.91 Å². The molecule has 1 fully saturated rings. The topological polar surface area (TPSA) is 46.3 Å². The third-order valence-electron chi connectivity index (χ3n) is 4.17. The molecule has 0 spiro atoms. The predicted octanol–water partition coefficient (Wildman–Crippen LogP) is 2.70. The number of nitrogens with zero attached hydrogens (tertiary/aromatic N) is 1. The number of amides is 1. The molecule has 4 heteroatoms. The molecule has 0 aromatic heterocycles. The van der Waals surface area contributed by atoms with E-state index < -0.39 is 0 Å². The number of nitrogens with two attached hydrogens (primary N) is 1. The normalized spacial score (nSPS) is 21.1. The van der Waals surface area contributed by atoms with Crippen LogP contribution in [0.1, 0.15) is 27.4 Å². The van der Waals surface area contributed by atoms with Crippen molar-refractivity contribution in [2.24, 2.45) is 5.73 Å². The summed E-state index contributed by atoms with van der Waals surface area (Å²) in [4.78, 5) is 14.3. The summed E-state index contributed by atoms with van der Waals surface area (Å²) in [6.45, 7) is 2.84. The lowest BCUT2D eigenvalue weighted by Crippen LogP contribution is -2.32. The molecule has 2 N–H and O–H groups in total. The van der Waals surface area contributed by atoms with Crippen LogP contribution >= 0.6 is 0 Å². The summed E-state index contributed by atoms with van der Waals surface area (Å²) in [5, 5.41) is 0. The quantitative estimate of drug-likeness (QED) is 0.926. The lowest BCUT2D eigenvalue weighted by molar-refractivity contribution is 0.0788. The maximum absolute atomic E-state index is 13.5. The molecule has 0 bridgehead atoms. The van der Waals surface area contributed by atoms with Crippen LogP contribution in [0.2, 0.25) is 0 Å².